The number of unbranched alkanes of at least 4 members (excludes halogenated alkanes) is 1. The van der Waals surface area contributed by atoms with Crippen LogP contribution >= 0.6 is 0 Å². The van der Waals surface area contributed by atoms with Crippen LogP contribution in [0.1, 0.15) is 50.3 Å². The van der Waals surface area contributed by atoms with Crippen molar-refractivity contribution in [3.8, 4) is 11.5 Å². The Bertz CT molecular complexity index is 893. The molecule has 0 N–H and O–H groups in total. The third-order valence-electron chi connectivity index (χ3n) is 5.04. The van der Waals surface area contributed by atoms with Crippen molar-refractivity contribution in [2.75, 3.05) is 0 Å². The minimum atomic E-state index is 0.0132. The second-order valence-electron chi connectivity index (χ2n) is 7.27. The molecule has 3 aromatic rings. The highest BCUT2D eigenvalue weighted by Gasteiger charge is 2.21. The number of hydrogen-bond donors (Lipinski definition) is 0. The zero-order chi connectivity index (χ0) is 20.5. The molecule has 0 aromatic heterocycles. The molecule has 0 aliphatic rings. The first-order chi connectivity index (χ1) is 14.2. The van der Waals surface area contributed by atoms with Gasteiger partial charge in [-0.15, -0.1) is 0 Å². The molecule has 0 heterocycles. The van der Waals surface area contributed by atoms with Crippen molar-refractivity contribution >= 4 is 5.91 Å². The number of nitrogens with zero attached hydrogens (tertiary/aromatic N) is 1. The predicted molar refractivity (Wildman–Crippen MR) is 118 cm³/mol. The third-order valence-corrected chi connectivity index (χ3v) is 5.04. The standard InChI is InChI=1S/C26H29NO2/c1-3-4-18-26(28)27(21(2)23-13-7-5-8-14-23)20-22-12-11-17-25(19-22)29-24-15-9-6-10-16-24/h5-17,19,21H,3-4,18,20H2,1-2H3. The predicted octanol–water partition coefficient (Wildman–Crippen LogP) is 6.76. The van der Waals surface area contributed by atoms with Gasteiger partial charge >= 0.3 is 0 Å². The van der Waals surface area contributed by atoms with Gasteiger partial charge in [0.15, 0.2) is 0 Å². The van der Waals surface area contributed by atoms with Crippen molar-refractivity contribution in [2.24, 2.45) is 0 Å². The molecule has 3 heteroatoms. The number of ether oxygens (including phenoxy) is 1. The maximum atomic E-state index is 13.0. The third kappa shape index (κ3) is 5.95. The van der Waals surface area contributed by atoms with Crippen LogP contribution in [0.5, 0.6) is 11.5 Å². The smallest absolute Gasteiger partial charge is 0.223 e. The number of carbonyl (C=O) groups is 1. The summed E-state index contributed by atoms with van der Waals surface area (Å²) in [6.07, 6.45) is 2.50. The molecular formula is C26H29NO2. The first-order valence-corrected chi connectivity index (χ1v) is 10.3. The van der Waals surface area contributed by atoms with E-state index < -0.39 is 0 Å². The van der Waals surface area contributed by atoms with Crippen LogP contribution < -0.4 is 4.74 Å². The Kier molecular flexibility index (Phi) is 7.46. The Hall–Kier alpha value is -3.07. The van der Waals surface area contributed by atoms with E-state index in [2.05, 4.69) is 32.0 Å². The summed E-state index contributed by atoms with van der Waals surface area (Å²) >= 11 is 0. The molecule has 0 fully saturated rings. The molecular weight excluding hydrogens is 358 g/mol. The van der Waals surface area contributed by atoms with Crippen LogP contribution in [-0.4, -0.2) is 10.8 Å². The van der Waals surface area contributed by atoms with Gasteiger partial charge in [0.1, 0.15) is 11.5 Å². The zero-order valence-corrected chi connectivity index (χ0v) is 17.3. The fourth-order valence-electron chi connectivity index (χ4n) is 3.35. The summed E-state index contributed by atoms with van der Waals surface area (Å²) in [7, 11) is 0. The summed E-state index contributed by atoms with van der Waals surface area (Å²) in [6, 6.07) is 28.0. The average Bonchev–Trinajstić information content (AvgIpc) is 2.77. The van der Waals surface area contributed by atoms with E-state index in [0.29, 0.717) is 13.0 Å². The lowest BCUT2D eigenvalue weighted by atomic mass is 10.0. The van der Waals surface area contributed by atoms with E-state index in [4.69, 9.17) is 4.74 Å². The molecule has 3 rings (SSSR count). The Morgan fingerprint density at radius 1 is 0.897 bits per heavy atom. The number of amides is 1. The second kappa shape index (κ2) is 10.5. The lowest BCUT2D eigenvalue weighted by molar-refractivity contribution is -0.134. The van der Waals surface area contributed by atoms with Gasteiger partial charge in [0.2, 0.25) is 5.91 Å². The highest BCUT2D eigenvalue weighted by atomic mass is 16.5. The van der Waals surface area contributed by atoms with Crippen LogP contribution in [0, 0.1) is 0 Å². The first kappa shape index (κ1) is 20.7. The van der Waals surface area contributed by atoms with Crippen molar-refractivity contribution in [2.45, 2.75) is 45.7 Å². The monoisotopic (exact) mass is 387 g/mol. The molecule has 0 saturated carbocycles. The molecule has 0 radical (unpaired) electrons. The Balaban J connectivity index is 1.79. The van der Waals surface area contributed by atoms with Crippen LogP contribution in [0.2, 0.25) is 0 Å². The highest BCUT2D eigenvalue weighted by Crippen LogP contribution is 2.26. The van der Waals surface area contributed by atoms with E-state index >= 15 is 0 Å². The van der Waals surface area contributed by atoms with Gasteiger partial charge in [-0.1, -0.05) is 74.0 Å². The van der Waals surface area contributed by atoms with Gasteiger partial charge in [-0.05, 0) is 48.7 Å². The maximum absolute atomic E-state index is 13.0. The van der Waals surface area contributed by atoms with Crippen LogP contribution in [0.25, 0.3) is 0 Å². The van der Waals surface area contributed by atoms with Crippen LogP contribution in [0.4, 0.5) is 0 Å². The molecule has 29 heavy (non-hydrogen) atoms. The van der Waals surface area contributed by atoms with Gasteiger partial charge in [-0.25, -0.2) is 0 Å². The normalized spacial score (nSPS) is 11.7. The molecule has 3 nitrogen and oxygen atoms in total. The van der Waals surface area contributed by atoms with E-state index in [1.54, 1.807) is 0 Å². The van der Waals surface area contributed by atoms with Crippen molar-refractivity contribution < 1.29 is 9.53 Å². The molecule has 0 aliphatic heterocycles. The topological polar surface area (TPSA) is 29.5 Å². The largest absolute Gasteiger partial charge is 0.457 e. The number of hydrogen-bond acceptors (Lipinski definition) is 2. The Morgan fingerprint density at radius 3 is 2.24 bits per heavy atom. The molecule has 1 amide bonds. The quantitative estimate of drug-likeness (QED) is 0.406. The van der Waals surface area contributed by atoms with Crippen molar-refractivity contribution in [1.82, 2.24) is 4.90 Å². The van der Waals surface area contributed by atoms with Crippen LogP contribution in [0.15, 0.2) is 84.9 Å². The molecule has 1 atom stereocenters. The molecule has 0 saturated heterocycles. The molecule has 0 spiro atoms. The minimum absolute atomic E-state index is 0.0132. The molecule has 0 aliphatic carbocycles. The lowest BCUT2D eigenvalue weighted by Crippen LogP contribution is -2.33. The summed E-state index contributed by atoms with van der Waals surface area (Å²) in [5, 5.41) is 0. The van der Waals surface area contributed by atoms with Crippen LogP contribution in [-0.2, 0) is 11.3 Å². The van der Waals surface area contributed by atoms with Crippen LogP contribution in [0.3, 0.4) is 0 Å². The van der Waals surface area contributed by atoms with Gasteiger partial charge < -0.3 is 9.64 Å². The van der Waals surface area contributed by atoms with E-state index in [0.717, 1.165) is 35.5 Å². The van der Waals surface area contributed by atoms with Crippen molar-refractivity contribution in [3.05, 3.63) is 96.1 Å². The molecule has 150 valence electrons. The van der Waals surface area contributed by atoms with Gasteiger partial charge in [0.25, 0.3) is 0 Å². The summed E-state index contributed by atoms with van der Waals surface area (Å²) in [4.78, 5) is 15.0. The van der Waals surface area contributed by atoms with E-state index in [1.165, 1.54) is 0 Å². The molecule has 3 aromatic carbocycles. The lowest BCUT2D eigenvalue weighted by Gasteiger charge is -2.30. The van der Waals surface area contributed by atoms with Crippen molar-refractivity contribution in [1.29, 1.82) is 0 Å². The Labute approximate surface area is 174 Å². The number of rotatable bonds is 9. The zero-order valence-electron chi connectivity index (χ0n) is 17.3. The van der Waals surface area contributed by atoms with E-state index in [1.807, 2.05) is 71.6 Å². The Morgan fingerprint density at radius 2 is 1.55 bits per heavy atom. The van der Waals surface area contributed by atoms with E-state index in [-0.39, 0.29) is 11.9 Å². The fraction of sp³-hybridized carbons (Fsp3) is 0.269. The van der Waals surface area contributed by atoms with Gasteiger partial charge in [-0.3, -0.25) is 4.79 Å². The summed E-state index contributed by atoms with van der Waals surface area (Å²) in [6.45, 7) is 4.77. The van der Waals surface area contributed by atoms with Gasteiger partial charge in [0.05, 0.1) is 6.04 Å². The fourth-order valence-corrected chi connectivity index (χ4v) is 3.35. The second-order valence-corrected chi connectivity index (χ2v) is 7.27. The first-order valence-electron chi connectivity index (χ1n) is 10.3. The summed E-state index contributed by atoms with van der Waals surface area (Å²) in [5.74, 6) is 1.78. The maximum Gasteiger partial charge on any atom is 0.223 e. The molecule has 1 unspecified atom stereocenters. The van der Waals surface area contributed by atoms with Gasteiger partial charge in [0, 0.05) is 13.0 Å². The molecule has 0 bridgehead atoms. The summed E-state index contributed by atoms with van der Waals surface area (Å²) in [5.41, 5.74) is 2.21. The number of para-hydroxylation sites is 1. The number of carbonyl (C=O) groups excluding carboxylic acids is 1. The summed E-state index contributed by atoms with van der Waals surface area (Å²) < 4.78 is 5.97. The minimum Gasteiger partial charge on any atom is -0.457 e. The van der Waals surface area contributed by atoms with E-state index in [9.17, 15) is 4.79 Å². The average molecular weight is 388 g/mol. The number of benzene rings is 3. The van der Waals surface area contributed by atoms with Crippen molar-refractivity contribution in [3.63, 3.8) is 0 Å². The van der Waals surface area contributed by atoms with Gasteiger partial charge in [-0.2, -0.15) is 0 Å². The highest BCUT2D eigenvalue weighted by molar-refractivity contribution is 5.76. The SMILES string of the molecule is CCCCC(=O)N(Cc1cccc(Oc2ccccc2)c1)C(C)c1ccccc1.